The Bertz CT molecular complexity index is 3180. The first kappa shape index (κ1) is 31.2. The molecular formula is C54H36N2. The lowest BCUT2D eigenvalue weighted by atomic mass is 9.70. The number of aromatic nitrogens is 2. The minimum Gasteiger partial charge on any atom is -0.309 e. The summed E-state index contributed by atoms with van der Waals surface area (Å²) < 4.78 is 4.98. The molecule has 3 aliphatic rings. The molecule has 0 bridgehead atoms. The summed E-state index contributed by atoms with van der Waals surface area (Å²) in [5, 5.41) is 5.00. The molecule has 2 unspecified atom stereocenters. The number of hydrogen-bond acceptors (Lipinski definition) is 0. The van der Waals surface area contributed by atoms with Gasteiger partial charge in [-0.05, 0) is 99.1 Å². The van der Waals surface area contributed by atoms with Crippen molar-refractivity contribution >= 4 is 43.6 Å². The summed E-state index contributed by atoms with van der Waals surface area (Å²) in [5.41, 5.74) is 17.6. The Labute approximate surface area is 325 Å². The van der Waals surface area contributed by atoms with E-state index in [4.69, 9.17) is 0 Å². The summed E-state index contributed by atoms with van der Waals surface area (Å²) in [7, 11) is 0. The molecule has 3 aliphatic carbocycles. The zero-order valence-corrected chi connectivity index (χ0v) is 30.7. The number of para-hydroxylation sites is 2. The van der Waals surface area contributed by atoms with Crippen LogP contribution in [0.15, 0.2) is 217 Å². The molecule has 9 aromatic rings. The van der Waals surface area contributed by atoms with Crippen molar-refractivity contribution in [1.29, 1.82) is 0 Å². The van der Waals surface area contributed by atoms with Crippen molar-refractivity contribution in [1.82, 2.24) is 9.13 Å². The molecule has 2 heteroatoms. The molecule has 7 aromatic carbocycles. The van der Waals surface area contributed by atoms with Crippen molar-refractivity contribution < 1.29 is 0 Å². The van der Waals surface area contributed by atoms with E-state index in [0.29, 0.717) is 0 Å². The van der Waals surface area contributed by atoms with Crippen molar-refractivity contribution in [2.45, 2.75) is 11.8 Å². The zero-order valence-electron chi connectivity index (χ0n) is 30.7. The molecule has 12 rings (SSSR count). The SMILES string of the molecule is C1=CC2=C3C=CC=CC3c3cc(-n4c5ccccc5c5cc6c(cc54)c4ccccc4n6-c4cc(-c5ccccc5)cc(-c5ccccc5)c4)ccc3C2C=C1. The fraction of sp³-hybridized carbons (Fsp3) is 0.0370. The minimum absolute atomic E-state index is 0.238. The summed E-state index contributed by atoms with van der Waals surface area (Å²) >= 11 is 0. The Hall–Kier alpha value is -7.16. The van der Waals surface area contributed by atoms with Crippen LogP contribution in [0.3, 0.4) is 0 Å². The van der Waals surface area contributed by atoms with Gasteiger partial charge in [0.1, 0.15) is 0 Å². The number of fused-ring (bicyclic) bond motifs is 11. The highest BCUT2D eigenvalue weighted by Gasteiger charge is 2.32. The lowest BCUT2D eigenvalue weighted by Crippen LogP contribution is -2.18. The van der Waals surface area contributed by atoms with Crippen LogP contribution in [-0.4, -0.2) is 9.13 Å². The maximum absolute atomic E-state index is 2.50. The summed E-state index contributed by atoms with van der Waals surface area (Å²) in [6.45, 7) is 0. The van der Waals surface area contributed by atoms with Crippen LogP contribution in [-0.2, 0) is 0 Å². The highest BCUT2D eigenvalue weighted by molar-refractivity contribution is 6.19. The summed E-state index contributed by atoms with van der Waals surface area (Å²) in [5.74, 6) is 0.515. The summed E-state index contributed by atoms with van der Waals surface area (Å²) in [6.07, 6.45) is 18.1. The predicted octanol–water partition coefficient (Wildman–Crippen LogP) is 13.9. The topological polar surface area (TPSA) is 9.86 Å². The number of benzene rings is 7. The standard InChI is InChI=1S/C54H36N2/c1-3-15-35(16-4-1)37-29-38(36-17-5-2-6-18-36)31-40(30-37)56-52-26-14-12-24-47(52)50-33-53-49(34-54(50)56)46-23-11-13-25-51(46)55(53)39-27-28-45-43-21-8-7-19-41(43)42-20-9-10-22-44(42)48(45)32-39/h1-34,43-44H. The monoisotopic (exact) mass is 712 g/mol. The molecule has 0 fully saturated rings. The smallest absolute Gasteiger partial charge is 0.0548 e. The molecule has 2 atom stereocenters. The van der Waals surface area contributed by atoms with Crippen LogP contribution in [0.25, 0.3) is 77.2 Å². The Balaban J connectivity index is 1.12. The van der Waals surface area contributed by atoms with E-state index in [1.165, 1.54) is 93.8 Å². The molecule has 2 nitrogen and oxygen atoms in total. The quantitative estimate of drug-likeness (QED) is 0.172. The van der Waals surface area contributed by atoms with Gasteiger partial charge in [0.05, 0.1) is 22.1 Å². The first-order valence-electron chi connectivity index (χ1n) is 19.6. The summed E-state index contributed by atoms with van der Waals surface area (Å²) in [4.78, 5) is 0. The largest absolute Gasteiger partial charge is 0.309 e. The van der Waals surface area contributed by atoms with E-state index in [9.17, 15) is 0 Å². The second-order valence-corrected chi connectivity index (χ2v) is 15.3. The van der Waals surface area contributed by atoms with Gasteiger partial charge in [0, 0.05) is 44.8 Å². The zero-order chi connectivity index (χ0) is 36.7. The molecule has 262 valence electrons. The molecule has 0 amide bonds. The highest BCUT2D eigenvalue weighted by Crippen LogP contribution is 2.49. The molecule has 0 saturated heterocycles. The van der Waals surface area contributed by atoms with Crippen LogP contribution < -0.4 is 0 Å². The van der Waals surface area contributed by atoms with Gasteiger partial charge >= 0.3 is 0 Å². The van der Waals surface area contributed by atoms with Gasteiger partial charge in [-0.3, -0.25) is 0 Å². The van der Waals surface area contributed by atoms with Gasteiger partial charge in [0.25, 0.3) is 0 Å². The van der Waals surface area contributed by atoms with Crippen LogP contribution in [0.4, 0.5) is 0 Å². The predicted molar refractivity (Wildman–Crippen MR) is 235 cm³/mol. The van der Waals surface area contributed by atoms with Gasteiger partial charge in [-0.1, -0.05) is 152 Å². The third kappa shape index (κ3) is 4.63. The average molecular weight is 713 g/mol. The van der Waals surface area contributed by atoms with Gasteiger partial charge in [0.2, 0.25) is 0 Å². The van der Waals surface area contributed by atoms with Crippen LogP contribution in [0.2, 0.25) is 0 Å². The first-order valence-corrected chi connectivity index (χ1v) is 19.6. The van der Waals surface area contributed by atoms with Crippen molar-refractivity contribution in [3.8, 4) is 33.6 Å². The third-order valence-electron chi connectivity index (χ3n) is 12.2. The lowest BCUT2D eigenvalue weighted by molar-refractivity contribution is 0.850. The van der Waals surface area contributed by atoms with E-state index in [-0.39, 0.29) is 11.8 Å². The van der Waals surface area contributed by atoms with Crippen LogP contribution in [0.1, 0.15) is 23.0 Å². The fourth-order valence-corrected chi connectivity index (χ4v) is 9.75. The number of nitrogens with zero attached hydrogens (tertiary/aromatic N) is 2. The molecule has 2 aromatic heterocycles. The maximum Gasteiger partial charge on any atom is 0.0548 e. The van der Waals surface area contributed by atoms with Gasteiger partial charge in [-0.2, -0.15) is 0 Å². The number of hydrogen-bond donors (Lipinski definition) is 0. The Kier molecular flexibility index (Phi) is 6.79. The van der Waals surface area contributed by atoms with Gasteiger partial charge < -0.3 is 9.13 Å². The lowest BCUT2D eigenvalue weighted by Gasteiger charge is -2.34. The second-order valence-electron chi connectivity index (χ2n) is 15.3. The van der Waals surface area contributed by atoms with Crippen molar-refractivity contribution in [3.05, 3.63) is 229 Å². The molecule has 0 aliphatic heterocycles. The average Bonchev–Trinajstić information content (AvgIpc) is 3.78. The van der Waals surface area contributed by atoms with Crippen LogP contribution >= 0.6 is 0 Å². The van der Waals surface area contributed by atoms with E-state index in [1.807, 2.05) is 0 Å². The van der Waals surface area contributed by atoms with Gasteiger partial charge in [-0.25, -0.2) is 0 Å². The molecular weight excluding hydrogens is 677 g/mol. The molecule has 0 N–H and O–H groups in total. The molecule has 0 spiro atoms. The van der Waals surface area contributed by atoms with Crippen molar-refractivity contribution in [2.24, 2.45) is 0 Å². The highest BCUT2D eigenvalue weighted by atomic mass is 15.0. The second kappa shape index (κ2) is 12.2. The Morgan fingerprint density at radius 3 is 1.39 bits per heavy atom. The normalized spacial score (nSPS) is 16.9. The minimum atomic E-state index is 0.238. The van der Waals surface area contributed by atoms with E-state index >= 15 is 0 Å². The molecule has 2 heterocycles. The van der Waals surface area contributed by atoms with E-state index in [0.717, 1.165) is 5.69 Å². The Morgan fingerprint density at radius 2 is 0.821 bits per heavy atom. The summed E-state index contributed by atoms with van der Waals surface area (Å²) in [6, 6.07) is 58.4. The van der Waals surface area contributed by atoms with Crippen LogP contribution in [0.5, 0.6) is 0 Å². The Morgan fingerprint density at radius 1 is 0.321 bits per heavy atom. The molecule has 0 radical (unpaired) electrons. The van der Waals surface area contributed by atoms with Crippen LogP contribution in [0, 0.1) is 0 Å². The fourth-order valence-electron chi connectivity index (χ4n) is 9.75. The number of rotatable bonds is 4. The van der Waals surface area contributed by atoms with Gasteiger partial charge in [0.15, 0.2) is 0 Å². The molecule has 0 saturated carbocycles. The molecule has 56 heavy (non-hydrogen) atoms. The van der Waals surface area contributed by atoms with E-state index in [1.54, 1.807) is 0 Å². The van der Waals surface area contributed by atoms with E-state index in [2.05, 4.69) is 215 Å². The number of allylic oxidation sites excluding steroid dienone is 10. The maximum atomic E-state index is 2.50. The van der Waals surface area contributed by atoms with Gasteiger partial charge in [-0.15, -0.1) is 0 Å². The first-order chi connectivity index (χ1) is 27.8. The van der Waals surface area contributed by atoms with Crippen molar-refractivity contribution in [3.63, 3.8) is 0 Å². The van der Waals surface area contributed by atoms with E-state index < -0.39 is 0 Å². The third-order valence-corrected chi connectivity index (χ3v) is 12.2. The van der Waals surface area contributed by atoms with Crippen molar-refractivity contribution in [2.75, 3.05) is 0 Å².